The SMILES string of the molecule is Cc1cc(C)cc(-c2nc(C)nc3c2oc2ccccc23)c1. The maximum atomic E-state index is 6.05. The number of furan rings is 1. The maximum Gasteiger partial charge on any atom is 0.180 e. The van der Waals surface area contributed by atoms with Crippen molar-refractivity contribution in [3.63, 3.8) is 0 Å². The summed E-state index contributed by atoms with van der Waals surface area (Å²) in [5, 5.41) is 1.04. The zero-order valence-corrected chi connectivity index (χ0v) is 12.8. The summed E-state index contributed by atoms with van der Waals surface area (Å²) in [6.07, 6.45) is 0. The van der Waals surface area contributed by atoms with E-state index in [1.165, 1.54) is 11.1 Å². The molecule has 22 heavy (non-hydrogen) atoms. The first-order valence-corrected chi connectivity index (χ1v) is 7.36. The van der Waals surface area contributed by atoms with Crippen molar-refractivity contribution in [1.29, 1.82) is 0 Å². The van der Waals surface area contributed by atoms with Crippen molar-refractivity contribution in [2.24, 2.45) is 0 Å². The van der Waals surface area contributed by atoms with Crippen LogP contribution >= 0.6 is 0 Å². The number of hydrogen-bond acceptors (Lipinski definition) is 3. The number of hydrogen-bond donors (Lipinski definition) is 0. The van der Waals surface area contributed by atoms with Gasteiger partial charge in [-0.1, -0.05) is 29.3 Å². The fourth-order valence-electron chi connectivity index (χ4n) is 3.01. The molecule has 0 N–H and O–H groups in total. The molecule has 0 spiro atoms. The highest BCUT2D eigenvalue weighted by molar-refractivity contribution is 6.06. The quantitative estimate of drug-likeness (QED) is 0.496. The lowest BCUT2D eigenvalue weighted by molar-refractivity contribution is 0.666. The predicted molar refractivity (Wildman–Crippen MR) is 89.0 cm³/mol. The Hall–Kier alpha value is -2.68. The summed E-state index contributed by atoms with van der Waals surface area (Å²) in [4.78, 5) is 9.23. The van der Waals surface area contributed by atoms with Crippen molar-refractivity contribution < 1.29 is 4.42 Å². The lowest BCUT2D eigenvalue weighted by Gasteiger charge is -2.06. The molecule has 0 saturated carbocycles. The first-order chi connectivity index (χ1) is 10.6. The van der Waals surface area contributed by atoms with Crippen LogP contribution in [-0.2, 0) is 0 Å². The topological polar surface area (TPSA) is 38.9 Å². The normalized spacial score (nSPS) is 11.4. The third kappa shape index (κ3) is 1.98. The molecule has 4 rings (SSSR count). The third-order valence-electron chi connectivity index (χ3n) is 3.83. The largest absolute Gasteiger partial charge is 0.452 e. The minimum absolute atomic E-state index is 0.758. The fourth-order valence-corrected chi connectivity index (χ4v) is 3.01. The maximum absolute atomic E-state index is 6.05. The molecule has 0 aliphatic carbocycles. The second-order valence-electron chi connectivity index (χ2n) is 5.77. The van der Waals surface area contributed by atoms with Gasteiger partial charge < -0.3 is 4.42 Å². The molecule has 0 bridgehead atoms. The van der Waals surface area contributed by atoms with E-state index in [2.05, 4.69) is 42.0 Å². The fraction of sp³-hybridized carbons (Fsp3) is 0.158. The van der Waals surface area contributed by atoms with Gasteiger partial charge in [0.15, 0.2) is 5.58 Å². The van der Waals surface area contributed by atoms with Crippen LogP contribution in [0.25, 0.3) is 33.3 Å². The molecule has 2 aromatic heterocycles. The van der Waals surface area contributed by atoms with Crippen molar-refractivity contribution in [3.05, 3.63) is 59.4 Å². The second-order valence-corrected chi connectivity index (χ2v) is 5.77. The number of nitrogens with zero attached hydrogens (tertiary/aromatic N) is 2. The van der Waals surface area contributed by atoms with Gasteiger partial charge in [-0.3, -0.25) is 0 Å². The van der Waals surface area contributed by atoms with Crippen LogP contribution in [0.4, 0.5) is 0 Å². The van der Waals surface area contributed by atoms with E-state index in [1.807, 2.05) is 31.2 Å². The summed E-state index contributed by atoms with van der Waals surface area (Å²) in [6, 6.07) is 14.4. The van der Waals surface area contributed by atoms with Gasteiger partial charge in [-0.15, -0.1) is 0 Å². The first kappa shape index (κ1) is 13.0. The Morgan fingerprint density at radius 1 is 0.864 bits per heavy atom. The highest BCUT2D eigenvalue weighted by Gasteiger charge is 2.16. The van der Waals surface area contributed by atoms with Crippen LogP contribution in [0.1, 0.15) is 17.0 Å². The lowest BCUT2D eigenvalue weighted by atomic mass is 10.0. The van der Waals surface area contributed by atoms with Gasteiger partial charge in [-0.05, 0) is 45.0 Å². The molecule has 3 heteroatoms. The van der Waals surface area contributed by atoms with Crippen LogP contribution in [0.5, 0.6) is 0 Å². The smallest absolute Gasteiger partial charge is 0.180 e. The third-order valence-corrected chi connectivity index (χ3v) is 3.83. The lowest BCUT2D eigenvalue weighted by Crippen LogP contribution is -1.93. The molecular weight excluding hydrogens is 272 g/mol. The Labute approximate surface area is 128 Å². The molecule has 2 heterocycles. The van der Waals surface area contributed by atoms with E-state index < -0.39 is 0 Å². The van der Waals surface area contributed by atoms with Gasteiger partial charge in [0.2, 0.25) is 0 Å². The Kier molecular flexibility index (Phi) is 2.76. The number of fused-ring (bicyclic) bond motifs is 3. The standard InChI is InChI=1S/C19H16N2O/c1-11-8-12(2)10-14(9-11)17-19-18(21-13(3)20-17)15-6-4-5-7-16(15)22-19/h4-10H,1-3H3. The minimum Gasteiger partial charge on any atom is -0.452 e. The van der Waals surface area contributed by atoms with Gasteiger partial charge in [-0.2, -0.15) is 0 Å². The van der Waals surface area contributed by atoms with E-state index in [0.29, 0.717) is 0 Å². The minimum atomic E-state index is 0.758. The Bertz CT molecular complexity index is 994. The zero-order chi connectivity index (χ0) is 15.3. The summed E-state index contributed by atoms with van der Waals surface area (Å²) in [5.41, 5.74) is 6.88. The van der Waals surface area contributed by atoms with E-state index in [0.717, 1.165) is 39.2 Å². The van der Waals surface area contributed by atoms with Gasteiger partial charge in [0.25, 0.3) is 0 Å². The van der Waals surface area contributed by atoms with Gasteiger partial charge in [0, 0.05) is 10.9 Å². The van der Waals surface area contributed by atoms with Crippen molar-refractivity contribution in [2.45, 2.75) is 20.8 Å². The molecular formula is C19H16N2O. The van der Waals surface area contributed by atoms with Crippen LogP contribution < -0.4 is 0 Å². The van der Waals surface area contributed by atoms with Gasteiger partial charge in [0.05, 0.1) is 0 Å². The van der Waals surface area contributed by atoms with Gasteiger partial charge >= 0.3 is 0 Å². The highest BCUT2D eigenvalue weighted by atomic mass is 16.3. The van der Waals surface area contributed by atoms with Crippen molar-refractivity contribution >= 4 is 22.1 Å². The second kappa shape index (κ2) is 4.67. The number of aromatic nitrogens is 2. The van der Waals surface area contributed by atoms with E-state index in [4.69, 9.17) is 4.42 Å². The van der Waals surface area contributed by atoms with Crippen LogP contribution in [-0.4, -0.2) is 9.97 Å². The van der Waals surface area contributed by atoms with E-state index in [9.17, 15) is 0 Å². The molecule has 0 aliphatic heterocycles. The number of para-hydroxylation sites is 1. The summed E-state index contributed by atoms with van der Waals surface area (Å²) in [6.45, 7) is 6.12. The molecule has 0 atom stereocenters. The van der Waals surface area contributed by atoms with Crippen LogP contribution in [0.3, 0.4) is 0 Å². The molecule has 3 nitrogen and oxygen atoms in total. The van der Waals surface area contributed by atoms with E-state index >= 15 is 0 Å². The average molecular weight is 288 g/mol. The van der Waals surface area contributed by atoms with E-state index in [1.54, 1.807) is 0 Å². The summed E-state index contributed by atoms with van der Waals surface area (Å²) >= 11 is 0. The monoisotopic (exact) mass is 288 g/mol. The molecule has 0 unspecified atom stereocenters. The predicted octanol–water partition coefficient (Wildman–Crippen LogP) is 4.97. The zero-order valence-electron chi connectivity index (χ0n) is 12.8. The number of aryl methyl sites for hydroxylation is 3. The molecule has 0 fully saturated rings. The Morgan fingerprint density at radius 3 is 2.36 bits per heavy atom. The Balaban J connectivity index is 2.13. The molecule has 2 aromatic carbocycles. The molecule has 108 valence electrons. The molecule has 4 aromatic rings. The van der Waals surface area contributed by atoms with Crippen LogP contribution in [0, 0.1) is 20.8 Å². The van der Waals surface area contributed by atoms with Gasteiger partial charge in [-0.25, -0.2) is 9.97 Å². The highest BCUT2D eigenvalue weighted by Crippen LogP contribution is 2.34. The summed E-state index contributed by atoms with van der Waals surface area (Å²) in [5.74, 6) is 0.758. The van der Waals surface area contributed by atoms with Crippen molar-refractivity contribution in [3.8, 4) is 11.3 Å². The van der Waals surface area contributed by atoms with E-state index in [-0.39, 0.29) is 0 Å². The van der Waals surface area contributed by atoms with Crippen LogP contribution in [0.2, 0.25) is 0 Å². The van der Waals surface area contributed by atoms with Gasteiger partial charge in [0.1, 0.15) is 22.6 Å². The summed E-state index contributed by atoms with van der Waals surface area (Å²) < 4.78 is 6.05. The number of rotatable bonds is 1. The van der Waals surface area contributed by atoms with Crippen molar-refractivity contribution in [2.75, 3.05) is 0 Å². The number of benzene rings is 2. The first-order valence-electron chi connectivity index (χ1n) is 7.36. The Morgan fingerprint density at radius 2 is 1.59 bits per heavy atom. The van der Waals surface area contributed by atoms with Crippen molar-refractivity contribution in [1.82, 2.24) is 9.97 Å². The molecule has 0 radical (unpaired) electrons. The molecule has 0 amide bonds. The summed E-state index contributed by atoms with van der Waals surface area (Å²) in [7, 11) is 0. The molecule has 0 aliphatic rings. The molecule has 0 saturated heterocycles. The average Bonchev–Trinajstić information content (AvgIpc) is 2.84. The van der Waals surface area contributed by atoms with Crippen LogP contribution in [0.15, 0.2) is 46.9 Å².